The summed E-state index contributed by atoms with van der Waals surface area (Å²) >= 11 is 27.4. The van der Waals surface area contributed by atoms with Gasteiger partial charge in [0.15, 0.2) is 5.11 Å². The number of halogens is 4. The summed E-state index contributed by atoms with van der Waals surface area (Å²) in [5, 5.41) is 6.12. The van der Waals surface area contributed by atoms with Gasteiger partial charge in [-0.15, -0.1) is 0 Å². The van der Waals surface area contributed by atoms with E-state index in [4.69, 9.17) is 47.0 Å². The molecule has 2 N–H and O–H groups in total. The van der Waals surface area contributed by atoms with Crippen LogP contribution in [0.15, 0.2) is 51.7 Å². The van der Waals surface area contributed by atoms with Gasteiger partial charge in [-0.2, -0.15) is 0 Å². The summed E-state index contributed by atoms with van der Waals surface area (Å²) in [7, 11) is 0. The van der Waals surface area contributed by atoms with Crippen molar-refractivity contribution in [3.63, 3.8) is 0 Å². The Balaban J connectivity index is 1.47. The molecule has 0 spiro atoms. The number of rotatable bonds is 3. The molecular formula is C21H20BrCl3N4O2S. The van der Waals surface area contributed by atoms with E-state index < -0.39 is 15.9 Å². The Morgan fingerprint density at radius 2 is 1.81 bits per heavy atom. The van der Waals surface area contributed by atoms with E-state index in [1.807, 2.05) is 15.5 Å². The highest BCUT2D eigenvalue weighted by Gasteiger charge is 2.39. The Morgan fingerprint density at radius 3 is 2.50 bits per heavy atom. The number of hydrogen-bond acceptors (Lipinski definition) is 3. The number of pyridine rings is 1. The highest BCUT2D eigenvalue weighted by molar-refractivity contribution is 9.10. The van der Waals surface area contributed by atoms with Crippen LogP contribution in [0, 0.1) is 5.92 Å². The SMILES string of the molecule is O=C(NC(NC(=S)N1C[C@H]2C[C@H](C1)c1cccc(=O)n1C2)C(Cl)(Cl)Cl)c1ccc(Br)cc1. The molecule has 1 unspecified atom stereocenters. The Labute approximate surface area is 214 Å². The zero-order valence-corrected chi connectivity index (χ0v) is 21.4. The Kier molecular flexibility index (Phi) is 7.08. The Morgan fingerprint density at radius 1 is 1.09 bits per heavy atom. The summed E-state index contributed by atoms with van der Waals surface area (Å²) in [5.74, 6) is 0.0670. The van der Waals surface area contributed by atoms with Crippen molar-refractivity contribution < 1.29 is 4.79 Å². The van der Waals surface area contributed by atoms with Gasteiger partial charge in [0.25, 0.3) is 11.5 Å². The molecule has 3 heterocycles. The van der Waals surface area contributed by atoms with Gasteiger partial charge in [-0.3, -0.25) is 9.59 Å². The molecule has 1 aromatic heterocycles. The van der Waals surface area contributed by atoms with Crippen molar-refractivity contribution in [1.29, 1.82) is 0 Å². The molecule has 1 saturated heterocycles. The van der Waals surface area contributed by atoms with Crippen molar-refractivity contribution in [1.82, 2.24) is 20.1 Å². The number of aromatic nitrogens is 1. The van der Waals surface area contributed by atoms with Crippen molar-refractivity contribution in [2.75, 3.05) is 13.1 Å². The maximum Gasteiger partial charge on any atom is 0.252 e. The lowest BCUT2D eigenvalue weighted by molar-refractivity contribution is 0.0932. The van der Waals surface area contributed by atoms with Crippen molar-refractivity contribution >= 4 is 74.0 Å². The van der Waals surface area contributed by atoms with Crippen LogP contribution in [0.25, 0.3) is 0 Å². The molecule has 2 aliphatic rings. The summed E-state index contributed by atoms with van der Waals surface area (Å²) in [6, 6.07) is 12.2. The largest absolute Gasteiger partial charge is 0.348 e. The molecule has 32 heavy (non-hydrogen) atoms. The van der Waals surface area contributed by atoms with Crippen LogP contribution < -0.4 is 16.2 Å². The summed E-state index contributed by atoms with van der Waals surface area (Å²) in [4.78, 5) is 26.9. The molecule has 11 heteroatoms. The molecule has 2 bridgehead atoms. The number of piperidine rings is 1. The molecular weight excluding hydrogens is 559 g/mol. The first-order valence-corrected chi connectivity index (χ1v) is 12.3. The molecule has 2 aliphatic heterocycles. The Hall–Kier alpha value is -1.32. The van der Waals surface area contributed by atoms with Crippen LogP contribution in [-0.4, -0.2) is 43.5 Å². The van der Waals surface area contributed by atoms with Crippen LogP contribution in [0.4, 0.5) is 0 Å². The third-order valence-corrected chi connectivity index (χ3v) is 7.30. The van der Waals surface area contributed by atoms with E-state index in [1.54, 1.807) is 36.4 Å². The van der Waals surface area contributed by atoms with Crippen LogP contribution in [0.2, 0.25) is 0 Å². The number of benzene rings is 1. The predicted molar refractivity (Wildman–Crippen MR) is 135 cm³/mol. The first kappa shape index (κ1) is 23.8. The first-order valence-electron chi connectivity index (χ1n) is 10.00. The number of hydrogen-bond donors (Lipinski definition) is 2. The number of thiocarbonyl (C=S) groups is 1. The summed E-state index contributed by atoms with van der Waals surface area (Å²) in [5.41, 5.74) is 1.47. The topological polar surface area (TPSA) is 66.4 Å². The molecule has 1 amide bonds. The van der Waals surface area contributed by atoms with Gasteiger partial charge in [-0.1, -0.05) is 56.8 Å². The predicted octanol–water partition coefficient (Wildman–Crippen LogP) is 4.03. The molecule has 3 atom stereocenters. The minimum absolute atomic E-state index is 0.0262. The normalized spacial score (nSPS) is 20.8. The van der Waals surface area contributed by atoms with Crippen molar-refractivity contribution in [2.24, 2.45) is 5.92 Å². The summed E-state index contributed by atoms with van der Waals surface area (Å²) in [6.07, 6.45) is -0.0376. The van der Waals surface area contributed by atoms with Gasteiger partial charge in [-0.05, 0) is 54.9 Å². The average Bonchev–Trinajstić information content (AvgIpc) is 2.73. The fourth-order valence-electron chi connectivity index (χ4n) is 4.29. The second-order valence-electron chi connectivity index (χ2n) is 8.01. The lowest BCUT2D eigenvalue weighted by Crippen LogP contribution is -2.60. The lowest BCUT2D eigenvalue weighted by atomic mass is 9.83. The van der Waals surface area contributed by atoms with E-state index in [2.05, 4.69) is 26.6 Å². The van der Waals surface area contributed by atoms with Gasteiger partial charge >= 0.3 is 0 Å². The van der Waals surface area contributed by atoms with Crippen LogP contribution in [-0.2, 0) is 6.54 Å². The minimum Gasteiger partial charge on any atom is -0.348 e. The number of amides is 1. The van der Waals surface area contributed by atoms with Gasteiger partial charge in [0.1, 0.15) is 6.17 Å². The zero-order valence-electron chi connectivity index (χ0n) is 16.7. The minimum atomic E-state index is -1.83. The van der Waals surface area contributed by atoms with Gasteiger partial charge in [0.05, 0.1) is 0 Å². The second-order valence-corrected chi connectivity index (χ2v) is 11.7. The molecule has 1 fully saturated rings. The lowest BCUT2D eigenvalue weighted by Gasteiger charge is -2.44. The highest BCUT2D eigenvalue weighted by Crippen LogP contribution is 2.35. The Bertz CT molecular complexity index is 1090. The molecule has 170 valence electrons. The number of nitrogens with zero attached hydrogens (tertiary/aromatic N) is 2. The second kappa shape index (κ2) is 9.50. The third kappa shape index (κ3) is 5.25. The van der Waals surface area contributed by atoms with E-state index in [0.717, 1.165) is 16.6 Å². The van der Waals surface area contributed by atoms with Gasteiger partial charge in [0.2, 0.25) is 3.79 Å². The van der Waals surface area contributed by atoms with Crippen LogP contribution >= 0.6 is 63.0 Å². The average molecular weight is 579 g/mol. The van der Waals surface area contributed by atoms with E-state index in [0.29, 0.717) is 30.3 Å². The van der Waals surface area contributed by atoms with Crippen molar-refractivity contribution in [2.45, 2.75) is 28.8 Å². The van der Waals surface area contributed by atoms with Crippen LogP contribution in [0.1, 0.15) is 28.4 Å². The monoisotopic (exact) mass is 576 g/mol. The smallest absolute Gasteiger partial charge is 0.252 e. The van der Waals surface area contributed by atoms with Crippen molar-refractivity contribution in [3.05, 3.63) is 68.5 Å². The number of carbonyl (C=O) groups excluding carboxylic acids is 1. The van der Waals surface area contributed by atoms with Crippen molar-refractivity contribution in [3.8, 4) is 0 Å². The number of fused-ring (bicyclic) bond motifs is 4. The number of likely N-dealkylation sites (tertiary alicyclic amines) is 1. The highest BCUT2D eigenvalue weighted by atomic mass is 79.9. The number of carbonyl (C=O) groups is 1. The maximum absolute atomic E-state index is 12.7. The summed E-state index contributed by atoms with van der Waals surface area (Å²) in [6.45, 7) is 1.97. The van der Waals surface area contributed by atoms with Gasteiger partial charge in [-0.25, -0.2) is 0 Å². The molecule has 1 aromatic carbocycles. The van der Waals surface area contributed by atoms with E-state index in [1.165, 1.54) is 0 Å². The standard InChI is InChI=1S/C21H20BrCl3N4O2S/c22-15-6-4-13(5-7-15)18(31)26-19(21(23,24)25)27-20(32)28-9-12-8-14(11-28)16-2-1-3-17(30)29(16)10-12/h1-7,12,14,19H,8-11H2,(H,26,31)(H,27,32)/t12-,14-,19?/m1/s1. The number of alkyl halides is 3. The molecule has 0 radical (unpaired) electrons. The van der Waals surface area contributed by atoms with E-state index >= 15 is 0 Å². The molecule has 0 saturated carbocycles. The molecule has 2 aromatic rings. The first-order chi connectivity index (χ1) is 15.1. The molecule has 0 aliphatic carbocycles. The molecule has 6 nitrogen and oxygen atoms in total. The zero-order chi connectivity index (χ0) is 23.0. The van der Waals surface area contributed by atoms with Gasteiger partial charge < -0.3 is 20.1 Å². The fraction of sp³-hybridized carbons (Fsp3) is 0.381. The molecule has 4 rings (SSSR count). The van der Waals surface area contributed by atoms with Crippen LogP contribution in [0.3, 0.4) is 0 Å². The number of nitrogens with one attached hydrogen (secondary N) is 2. The van der Waals surface area contributed by atoms with Gasteiger partial charge in [0, 0.05) is 47.3 Å². The van der Waals surface area contributed by atoms with Crippen LogP contribution in [0.5, 0.6) is 0 Å². The maximum atomic E-state index is 12.7. The third-order valence-electron chi connectivity index (χ3n) is 5.74. The quantitative estimate of drug-likeness (QED) is 0.327. The summed E-state index contributed by atoms with van der Waals surface area (Å²) < 4.78 is 0.876. The van der Waals surface area contributed by atoms with E-state index in [-0.39, 0.29) is 17.4 Å². The van der Waals surface area contributed by atoms with E-state index in [9.17, 15) is 9.59 Å². The fourth-order valence-corrected chi connectivity index (χ4v) is 5.15.